The van der Waals surface area contributed by atoms with Crippen LogP contribution in [0.3, 0.4) is 0 Å². The first-order valence-corrected chi connectivity index (χ1v) is 20.9. The van der Waals surface area contributed by atoms with Crippen molar-refractivity contribution < 1.29 is 18.7 Å². The molecule has 4 aliphatic heterocycles. The Labute approximate surface area is 340 Å². The number of hydrogen-bond acceptors (Lipinski definition) is 8. The Morgan fingerprint density at radius 1 is 1.09 bits per heavy atom. The van der Waals surface area contributed by atoms with Crippen molar-refractivity contribution in [2.75, 3.05) is 44.9 Å². The smallest absolute Gasteiger partial charge is 0.226 e. The Balaban J connectivity index is 1.16. The van der Waals surface area contributed by atoms with Gasteiger partial charge in [-0.25, -0.2) is 14.4 Å². The minimum atomic E-state index is -0.473. The second-order valence-electron chi connectivity index (χ2n) is 16.5. The van der Waals surface area contributed by atoms with Crippen LogP contribution in [0.2, 0.25) is 10.0 Å². The van der Waals surface area contributed by atoms with Crippen LogP contribution in [-0.4, -0.2) is 77.4 Å². The topological polar surface area (TPSA) is 109 Å². The molecular weight excluding hydrogens is 764 g/mol. The zero-order valence-electron chi connectivity index (χ0n) is 32.0. The highest BCUT2D eigenvalue weighted by molar-refractivity contribution is 6.43. The summed E-state index contributed by atoms with van der Waals surface area (Å²) < 4.78 is 30.9. The van der Waals surface area contributed by atoms with E-state index in [2.05, 4.69) is 36.8 Å². The maximum atomic E-state index is 17.4. The van der Waals surface area contributed by atoms with Crippen molar-refractivity contribution in [2.24, 2.45) is 17.8 Å². The predicted octanol–water partition coefficient (Wildman–Crippen LogP) is 8.21. The molecule has 1 amide bonds. The Morgan fingerprint density at radius 3 is 2.70 bits per heavy atom. The number of methoxy groups -OCH3 is 1. The molecule has 57 heavy (non-hydrogen) atoms. The van der Waals surface area contributed by atoms with Crippen molar-refractivity contribution in [3.05, 3.63) is 81.5 Å². The van der Waals surface area contributed by atoms with E-state index in [1.54, 1.807) is 31.5 Å². The van der Waals surface area contributed by atoms with Gasteiger partial charge in [0.2, 0.25) is 11.8 Å². The van der Waals surface area contributed by atoms with Crippen molar-refractivity contribution in [1.82, 2.24) is 24.8 Å². The zero-order valence-corrected chi connectivity index (χ0v) is 33.5. The number of carbonyl (C=O) groups is 1. The van der Waals surface area contributed by atoms with Crippen LogP contribution in [-0.2, 0) is 16.0 Å². The Morgan fingerprint density at radius 2 is 1.95 bits per heavy atom. The fourth-order valence-electron chi connectivity index (χ4n) is 10.4. The third kappa shape index (κ3) is 6.05. The van der Waals surface area contributed by atoms with Gasteiger partial charge in [0.1, 0.15) is 12.1 Å². The Bertz CT molecular complexity index is 2470. The van der Waals surface area contributed by atoms with E-state index >= 15 is 4.39 Å². The summed E-state index contributed by atoms with van der Waals surface area (Å²) in [5.41, 5.74) is 5.56. The number of nitrogens with zero attached hydrogens (tertiary/aromatic N) is 6. The first kappa shape index (κ1) is 36.8. The normalized spacial score (nSPS) is 25.0. The highest BCUT2D eigenvalue weighted by Crippen LogP contribution is 2.54. The van der Waals surface area contributed by atoms with Crippen LogP contribution in [0.5, 0.6) is 5.88 Å². The summed E-state index contributed by atoms with van der Waals surface area (Å²) in [4.78, 5) is 28.6. The van der Waals surface area contributed by atoms with Crippen molar-refractivity contribution in [2.45, 2.75) is 69.6 Å². The summed E-state index contributed by atoms with van der Waals surface area (Å²) in [6.45, 7) is 5.24. The van der Waals surface area contributed by atoms with Gasteiger partial charge in [-0.3, -0.25) is 4.79 Å². The van der Waals surface area contributed by atoms with Gasteiger partial charge in [-0.1, -0.05) is 35.3 Å². The van der Waals surface area contributed by atoms with Crippen molar-refractivity contribution >= 4 is 56.6 Å². The number of likely N-dealkylation sites (tertiary alicyclic amines) is 1. The van der Waals surface area contributed by atoms with Gasteiger partial charge in [0.25, 0.3) is 0 Å². The van der Waals surface area contributed by atoms with Crippen molar-refractivity contribution in [3.63, 3.8) is 0 Å². The standard InChI is InChI=1S/C44H44Cl2FN7O3/c1-23-31-19-35(42-27-15-29(53(42)44(55)24-8-9-24)22-52(21-27)28-10-12-49-36(18-28)57-14-13-56-2)54(41-26-17-34(41)50-20-26)43(31)32-16-25(5-4-11-48)37(39(47)40(32)51-23)30-6-3-7-33(45)38(30)46/h3,6-7,10,12,16,18-19,24,26-27,29,34,41-42,50H,4-5,8-9,13-15,17,20-22H2,1-2H3/t26-,27+,29-,34-,41+,42-/m1/s1. The van der Waals surface area contributed by atoms with Crippen LogP contribution in [0.1, 0.15) is 61.1 Å². The summed E-state index contributed by atoms with van der Waals surface area (Å²) in [5, 5.41) is 15.7. The van der Waals surface area contributed by atoms with Crippen LogP contribution in [0, 0.1) is 41.8 Å². The predicted molar refractivity (Wildman–Crippen MR) is 218 cm³/mol. The highest BCUT2D eigenvalue weighted by Gasteiger charge is 2.55. The first-order chi connectivity index (χ1) is 27.7. The van der Waals surface area contributed by atoms with Gasteiger partial charge in [-0.05, 0) is 74.8 Å². The van der Waals surface area contributed by atoms with E-state index in [4.69, 9.17) is 37.7 Å². The fourth-order valence-corrected chi connectivity index (χ4v) is 10.8. The van der Waals surface area contributed by atoms with Crippen LogP contribution >= 0.6 is 23.2 Å². The molecule has 0 radical (unpaired) electrons. The van der Waals surface area contributed by atoms with Crippen LogP contribution in [0.4, 0.5) is 10.1 Å². The van der Waals surface area contributed by atoms with Crippen LogP contribution < -0.4 is 15.0 Å². The quantitative estimate of drug-likeness (QED) is 0.133. The molecule has 6 fully saturated rings. The van der Waals surface area contributed by atoms with Gasteiger partial charge in [0.05, 0.1) is 46.4 Å². The minimum absolute atomic E-state index is 0.0339. The summed E-state index contributed by atoms with van der Waals surface area (Å²) in [5.74, 6) is 0.948. The fraction of sp³-hybridized carbons (Fsp3) is 0.455. The number of rotatable bonds is 11. The van der Waals surface area contributed by atoms with E-state index in [0.29, 0.717) is 58.5 Å². The number of aromatic nitrogens is 3. The number of piperidine rings is 1. The molecule has 13 heteroatoms. The lowest BCUT2D eigenvalue weighted by molar-refractivity contribution is -0.135. The van der Waals surface area contributed by atoms with Crippen LogP contribution in [0.25, 0.3) is 32.9 Å². The second-order valence-corrected chi connectivity index (χ2v) is 17.3. The van der Waals surface area contributed by atoms with Gasteiger partial charge in [-0.2, -0.15) is 5.26 Å². The number of anilines is 1. The number of pyridine rings is 2. The lowest BCUT2D eigenvalue weighted by Crippen LogP contribution is -2.45. The van der Waals surface area contributed by atoms with E-state index in [1.165, 1.54) is 0 Å². The van der Waals surface area contributed by atoms with Gasteiger partial charge < -0.3 is 29.2 Å². The molecule has 4 bridgehead atoms. The third-order valence-corrected chi connectivity index (χ3v) is 14.0. The van der Waals surface area contributed by atoms with E-state index in [1.807, 2.05) is 25.1 Å². The molecule has 0 spiro atoms. The number of benzene rings is 2. The molecule has 5 aromatic rings. The van der Waals surface area contributed by atoms with Crippen molar-refractivity contribution in [3.8, 4) is 23.1 Å². The second kappa shape index (κ2) is 14.4. The zero-order chi connectivity index (χ0) is 39.1. The molecule has 7 heterocycles. The number of nitrogens with one attached hydrogen (secondary N) is 1. The molecule has 2 aliphatic carbocycles. The van der Waals surface area contributed by atoms with E-state index in [-0.39, 0.29) is 58.9 Å². The van der Waals surface area contributed by atoms with Gasteiger partial charge in [0.15, 0.2) is 5.82 Å². The molecule has 2 aromatic carbocycles. The maximum absolute atomic E-state index is 17.4. The molecule has 6 aliphatic rings. The average molecular weight is 809 g/mol. The third-order valence-electron chi connectivity index (χ3n) is 13.1. The lowest BCUT2D eigenvalue weighted by Gasteiger charge is -2.40. The van der Waals surface area contributed by atoms with Gasteiger partial charge in [0, 0.05) is 102 Å². The first-order valence-electron chi connectivity index (χ1n) is 20.1. The number of nitriles is 1. The van der Waals surface area contributed by atoms with E-state index in [9.17, 15) is 10.1 Å². The number of ether oxygens (including phenoxy) is 2. The van der Waals surface area contributed by atoms with E-state index < -0.39 is 5.82 Å². The van der Waals surface area contributed by atoms with Gasteiger partial charge in [-0.15, -0.1) is 0 Å². The summed E-state index contributed by atoms with van der Waals surface area (Å²) in [6.07, 6.45) is 6.16. The molecule has 4 saturated heterocycles. The molecule has 2 saturated carbocycles. The molecule has 1 N–H and O–H groups in total. The Kier molecular flexibility index (Phi) is 9.32. The number of hydrogen-bond donors (Lipinski definition) is 1. The summed E-state index contributed by atoms with van der Waals surface area (Å²) >= 11 is 13.2. The number of fused-ring (bicyclic) bond motifs is 6. The molecule has 10 nitrogen and oxygen atoms in total. The number of aryl methyl sites for hydroxylation is 2. The number of carbonyl (C=O) groups excluding carboxylic acids is 1. The lowest BCUT2D eigenvalue weighted by atomic mass is 9.79. The molecule has 6 atom stereocenters. The average Bonchev–Trinajstić information content (AvgIpc) is 3.49. The largest absolute Gasteiger partial charge is 0.475 e. The number of halogens is 3. The molecule has 294 valence electrons. The van der Waals surface area contributed by atoms with Crippen LogP contribution in [0.15, 0.2) is 48.7 Å². The molecule has 11 rings (SSSR count). The monoisotopic (exact) mass is 807 g/mol. The van der Waals surface area contributed by atoms with E-state index in [0.717, 1.165) is 73.3 Å². The van der Waals surface area contributed by atoms with Gasteiger partial charge >= 0.3 is 0 Å². The Hall–Kier alpha value is -4.47. The summed E-state index contributed by atoms with van der Waals surface area (Å²) in [7, 11) is 1.65. The molecule has 0 unspecified atom stereocenters. The highest BCUT2D eigenvalue weighted by atomic mass is 35.5. The minimum Gasteiger partial charge on any atom is -0.475 e. The molecule has 3 aromatic heterocycles. The SMILES string of the molecule is COCCOc1cc(N2C[C@@H]3C[C@H](C2)N(C(=O)C2CC2)[C@H]3c2cc3c(C)nc4c(F)c(-c5cccc(Cl)c5Cl)c(CCC#N)cc4c3n2[C@H]2[C@H]3CN[C@@H]2C3)ccn1. The van der Waals surface area contributed by atoms with Crippen molar-refractivity contribution in [1.29, 1.82) is 5.26 Å². The summed E-state index contributed by atoms with van der Waals surface area (Å²) in [6, 6.07) is 16.1. The maximum Gasteiger partial charge on any atom is 0.226 e. The number of amides is 1. The molecular formula is C44H44Cl2FN7O3.